The molecule has 2 heteroatoms. The van der Waals surface area contributed by atoms with Crippen molar-refractivity contribution in [2.24, 2.45) is 5.73 Å². The maximum absolute atomic E-state index is 8.99. The van der Waals surface area contributed by atoms with Gasteiger partial charge in [-0.3, -0.25) is 0 Å². The van der Waals surface area contributed by atoms with Crippen LogP contribution in [0.3, 0.4) is 0 Å². The fourth-order valence-electron chi connectivity index (χ4n) is 2.63. The van der Waals surface area contributed by atoms with Gasteiger partial charge in [-0.25, -0.2) is 0 Å². The average molecular weight is 205 g/mol. The third-order valence-electron chi connectivity index (χ3n) is 3.70. The van der Waals surface area contributed by atoms with E-state index in [9.17, 15) is 0 Å². The predicted molar refractivity (Wildman–Crippen MR) is 61.6 cm³/mol. The Morgan fingerprint density at radius 1 is 1.13 bits per heavy atom. The largest absolute Gasteiger partial charge is 0.392 e. The van der Waals surface area contributed by atoms with Gasteiger partial charge in [0.05, 0.1) is 6.61 Å². The molecule has 0 amide bonds. The quantitative estimate of drug-likeness (QED) is 0.792. The van der Waals surface area contributed by atoms with Crippen molar-refractivity contribution in [2.75, 3.05) is 6.54 Å². The highest BCUT2D eigenvalue weighted by molar-refractivity contribution is 5.30. The Labute approximate surface area is 91.1 Å². The molecule has 1 saturated carbocycles. The van der Waals surface area contributed by atoms with E-state index in [0.717, 1.165) is 12.1 Å². The van der Waals surface area contributed by atoms with Gasteiger partial charge in [-0.1, -0.05) is 37.1 Å². The lowest BCUT2D eigenvalue weighted by Gasteiger charge is -2.27. The molecule has 2 nitrogen and oxygen atoms in total. The lowest BCUT2D eigenvalue weighted by molar-refractivity contribution is 0.281. The third kappa shape index (κ3) is 1.92. The van der Waals surface area contributed by atoms with Crippen molar-refractivity contribution in [1.82, 2.24) is 0 Å². The van der Waals surface area contributed by atoms with Crippen LogP contribution in [0.15, 0.2) is 24.3 Å². The first-order chi connectivity index (χ1) is 7.30. The summed E-state index contributed by atoms with van der Waals surface area (Å²) in [6.07, 6.45) is 5.00. The Bertz CT molecular complexity index is 312. The molecule has 0 saturated heterocycles. The normalized spacial score (nSPS) is 19.3. The Morgan fingerprint density at radius 2 is 1.73 bits per heavy atom. The van der Waals surface area contributed by atoms with Crippen LogP contribution in [0.1, 0.15) is 36.8 Å². The zero-order chi connectivity index (χ0) is 10.7. The summed E-state index contributed by atoms with van der Waals surface area (Å²) in [5.41, 5.74) is 8.46. The molecule has 1 aromatic rings. The molecule has 0 aromatic heterocycles. The SMILES string of the molecule is NCC1(c2ccc(CO)cc2)CCCC1. The van der Waals surface area contributed by atoms with Crippen LogP contribution in [0, 0.1) is 0 Å². The maximum Gasteiger partial charge on any atom is 0.0681 e. The summed E-state index contributed by atoms with van der Waals surface area (Å²) in [7, 11) is 0. The predicted octanol–water partition coefficient (Wildman–Crippen LogP) is 1.95. The second-order valence-corrected chi connectivity index (χ2v) is 4.55. The van der Waals surface area contributed by atoms with E-state index in [-0.39, 0.29) is 12.0 Å². The molecule has 0 aliphatic heterocycles. The van der Waals surface area contributed by atoms with Gasteiger partial charge in [0.25, 0.3) is 0 Å². The minimum Gasteiger partial charge on any atom is -0.392 e. The molecule has 82 valence electrons. The summed E-state index contributed by atoms with van der Waals surface area (Å²) in [5.74, 6) is 0. The molecule has 1 aromatic carbocycles. The lowest BCUT2D eigenvalue weighted by Crippen LogP contribution is -2.31. The first-order valence-electron chi connectivity index (χ1n) is 5.71. The molecule has 0 atom stereocenters. The minimum absolute atomic E-state index is 0.121. The smallest absolute Gasteiger partial charge is 0.0681 e. The fourth-order valence-corrected chi connectivity index (χ4v) is 2.63. The molecule has 1 fully saturated rings. The molecular weight excluding hydrogens is 186 g/mol. The van der Waals surface area contributed by atoms with Gasteiger partial charge in [-0.05, 0) is 24.0 Å². The summed E-state index contributed by atoms with van der Waals surface area (Å²) in [4.78, 5) is 0. The number of rotatable bonds is 3. The van der Waals surface area contributed by atoms with Crippen molar-refractivity contribution in [1.29, 1.82) is 0 Å². The van der Waals surface area contributed by atoms with Gasteiger partial charge in [0.1, 0.15) is 0 Å². The number of aliphatic hydroxyl groups excluding tert-OH is 1. The zero-order valence-corrected chi connectivity index (χ0v) is 9.08. The van der Waals surface area contributed by atoms with Crippen LogP contribution in [-0.2, 0) is 12.0 Å². The Kier molecular flexibility index (Phi) is 3.08. The van der Waals surface area contributed by atoms with E-state index < -0.39 is 0 Å². The van der Waals surface area contributed by atoms with Crippen LogP contribution < -0.4 is 5.73 Å². The van der Waals surface area contributed by atoms with Crippen LogP contribution in [0.4, 0.5) is 0 Å². The molecule has 1 aliphatic rings. The van der Waals surface area contributed by atoms with Gasteiger partial charge < -0.3 is 10.8 Å². The monoisotopic (exact) mass is 205 g/mol. The third-order valence-corrected chi connectivity index (χ3v) is 3.70. The number of benzene rings is 1. The first kappa shape index (κ1) is 10.7. The van der Waals surface area contributed by atoms with Crippen molar-refractivity contribution in [3.63, 3.8) is 0 Å². The van der Waals surface area contributed by atoms with E-state index in [4.69, 9.17) is 10.8 Å². The van der Waals surface area contributed by atoms with Gasteiger partial charge in [0.15, 0.2) is 0 Å². The van der Waals surface area contributed by atoms with E-state index in [1.54, 1.807) is 0 Å². The average Bonchev–Trinajstić information content (AvgIpc) is 2.79. The summed E-state index contributed by atoms with van der Waals surface area (Å²) in [6.45, 7) is 0.862. The van der Waals surface area contributed by atoms with Crippen molar-refractivity contribution in [2.45, 2.75) is 37.7 Å². The molecule has 1 aliphatic carbocycles. The highest BCUT2D eigenvalue weighted by Gasteiger charge is 2.33. The highest BCUT2D eigenvalue weighted by Crippen LogP contribution is 2.40. The van der Waals surface area contributed by atoms with Crippen molar-refractivity contribution >= 4 is 0 Å². The molecular formula is C13H19NO. The van der Waals surface area contributed by atoms with E-state index in [1.165, 1.54) is 31.2 Å². The molecule has 0 radical (unpaired) electrons. The van der Waals surface area contributed by atoms with E-state index >= 15 is 0 Å². The van der Waals surface area contributed by atoms with Crippen LogP contribution in [0.25, 0.3) is 0 Å². The second-order valence-electron chi connectivity index (χ2n) is 4.55. The zero-order valence-electron chi connectivity index (χ0n) is 9.08. The molecule has 3 N–H and O–H groups in total. The molecule has 2 rings (SSSR count). The molecule has 0 spiro atoms. The van der Waals surface area contributed by atoms with E-state index in [0.29, 0.717) is 0 Å². The van der Waals surface area contributed by atoms with E-state index in [2.05, 4.69) is 12.1 Å². The van der Waals surface area contributed by atoms with Gasteiger partial charge in [-0.2, -0.15) is 0 Å². The van der Waals surface area contributed by atoms with Crippen LogP contribution in [-0.4, -0.2) is 11.7 Å². The topological polar surface area (TPSA) is 46.2 Å². The number of hydrogen-bond acceptors (Lipinski definition) is 2. The molecule has 15 heavy (non-hydrogen) atoms. The highest BCUT2D eigenvalue weighted by atomic mass is 16.3. The number of aliphatic hydroxyl groups is 1. The van der Waals surface area contributed by atoms with Gasteiger partial charge in [-0.15, -0.1) is 0 Å². The standard InChI is InChI=1S/C13H19NO/c14-10-13(7-1-2-8-13)12-5-3-11(9-15)4-6-12/h3-6,15H,1-2,7-10,14H2. The molecule has 0 heterocycles. The molecule has 0 bridgehead atoms. The van der Waals surface area contributed by atoms with Crippen LogP contribution in [0.5, 0.6) is 0 Å². The van der Waals surface area contributed by atoms with Gasteiger partial charge >= 0.3 is 0 Å². The Morgan fingerprint density at radius 3 is 2.20 bits per heavy atom. The number of nitrogens with two attached hydrogens (primary N) is 1. The maximum atomic E-state index is 8.99. The molecule has 0 unspecified atom stereocenters. The second kappa shape index (κ2) is 4.33. The van der Waals surface area contributed by atoms with Crippen molar-refractivity contribution in [3.8, 4) is 0 Å². The summed E-state index contributed by atoms with van der Waals surface area (Å²) in [6, 6.07) is 8.27. The Hall–Kier alpha value is -0.860. The summed E-state index contributed by atoms with van der Waals surface area (Å²) >= 11 is 0. The first-order valence-corrected chi connectivity index (χ1v) is 5.71. The summed E-state index contributed by atoms with van der Waals surface area (Å²) in [5, 5.41) is 8.99. The van der Waals surface area contributed by atoms with Gasteiger partial charge in [0.2, 0.25) is 0 Å². The van der Waals surface area contributed by atoms with Crippen molar-refractivity contribution in [3.05, 3.63) is 35.4 Å². The minimum atomic E-state index is 0.121. The Balaban J connectivity index is 2.26. The lowest BCUT2D eigenvalue weighted by atomic mass is 9.79. The van der Waals surface area contributed by atoms with Crippen molar-refractivity contribution < 1.29 is 5.11 Å². The number of hydrogen-bond donors (Lipinski definition) is 2. The summed E-state index contributed by atoms with van der Waals surface area (Å²) < 4.78 is 0. The van der Waals surface area contributed by atoms with E-state index in [1.807, 2.05) is 12.1 Å². The van der Waals surface area contributed by atoms with Crippen LogP contribution in [0.2, 0.25) is 0 Å². The van der Waals surface area contributed by atoms with Gasteiger partial charge in [0, 0.05) is 12.0 Å². The van der Waals surface area contributed by atoms with Crippen LogP contribution >= 0.6 is 0 Å². The fraction of sp³-hybridized carbons (Fsp3) is 0.538.